The lowest BCUT2D eigenvalue weighted by Crippen LogP contribution is -2.01. The number of rotatable bonds is 2. The van der Waals surface area contributed by atoms with Gasteiger partial charge in [-0.15, -0.1) is 10.2 Å². The molecule has 0 radical (unpaired) electrons. The SMILES string of the molecule is Cc1ccc(Nc2nnc(Cl)c(C)c2C)cc1I. The van der Waals surface area contributed by atoms with Crippen molar-refractivity contribution in [1.29, 1.82) is 0 Å². The Balaban J connectivity index is 2.34. The van der Waals surface area contributed by atoms with Crippen molar-refractivity contribution in [2.24, 2.45) is 0 Å². The summed E-state index contributed by atoms with van der Waals surface area (Å²) in [5.41, 5.74) is 4.24. The molecule has 0 saturated heterocycles. The van der Waals surface area contributed by atoms with Crippen LogP contribution in [-0.2, 0) is 0 Å². The monoisotopic (exact) mass is 373 g/mol. The number of aromatic nitrogens is 2. The highest BCUT2D eigenvalue weighted by atomic mass is 127. The van der Waals surface area contributed by atoms with E-state index in [0.717, 1.165) is 22.6 Å². The van der Waals surface area contributed by atoms with Crippen LogP contribution in [0, 0.1) is 24.3 Å². The molecule has 0 unspecified atom stereocenters. The Morgan fingerprint density at radius 3 is 2.50 bits per heavy atom. The summed E-state index contributed by atoms with van der Waals surface area (Å²) < 4.78 is 1.22. The summed E-state index contributed by atoms with van der Waals surface area (Å²) in [5.74, 6) is 0.747. The first-order valence-corrected chi connectivity index (χ1v) is 6.97. The van der Waals surface area contributed by atoms with E-state index in [0.29, 0.717) is 5.15 Å². The molecule has 0 spiro atoms. The molecule has 18 heavy (non-hydrogen) atoms. The third kappa shape index (κ3) is 2.75. The van der Waals surface area contributed by atoms with Gasteiger partial charge >= 0.3 is 0 Å². The average Bonchev–Trinajstić information content (AvgIpc) is 2.34. The van der Waals surface area contributed by atoms with Gasteiger partial charge in [0.15, 0.2) is 11.0 Å². The summed E-state index contributed by atoms with van der Waals surface area (Å²) in [6.45, 7) is 6.01. The first-order chi connectivity index (χ1) is 8.49. The molecule has 0 amide bonds. The molecule has 1 aromatic carbocycles. The van der Waals surface area contributed by atoms with Gasteiger partial charge in [0.1, 0.15) is 0 Å². The van der Waals surface area contributed by atoms with E-state index in [-0.39, 0.29) is 0 Å². The van der Waals surface area contributed by atoms with Crippen molar-refractivity contribution in [3.8, 4) is 0 Å². The Kier molecular flexibility index (Phi) is 4.07. The smallest absolute Gasteiger partial charge is 0.156 e. The first-order valence-electron chi connectivity index (χ1n) is 5.51. The van der Waals surface area contributed by atoms with E-state index in [4.69, 9.17) is 11.6 Å². The lowest BCUT2D eigenvalue weighted by atomic mass is 10.2. The minimum Gasteiger partial charge on any atom is -0.338 e. The minimum absolute atomic E-state index is 0.455. The van der Waals surface area contributed by atoms with Crippen LogP contribution in [0.2, 0.25) is 5.15 Å². The molecule has 0 aliphatic heterocycles. The van der Waals surface area contributed by atoms with E-state index < -0.39 is 0 Å². The Labute approximate surface area is 125 Å². The number of anilines is 2. The molecule has 0 atom stereocenters. The average molecular weight is 374 g/mol. The number of hydrogen-bond donors (Lipinski definition) is 1. The van der Waals surface area contributed by atoms with Crippen LogP contribution in [0.4, 0.5) is 11.5 Å². The fourth-order valence-electron chi connectivity index (χ4n) is 1.50. The topological polar surface area (TPSA) is 37.8 Å². The first kappa shape index (κ1) is 13.5. The lowest BCUT2D eigenvalue weighted by Gasteiger charge is -2.11. The molecule has 1 aromatic heterocycles. The normalized spacial score (nSPS) is 10.5. The number of nitrogens with zero attached hydrogens (tertiary/aromatic N) is 2. The largest absolute Gasteiger partial charge is 0.338 e. The van der Waals surface area contributed by atoms with Gasteiger partial charge in [0, 0.05) is 9.26 Å². The minimum atomic E-state index is 0.455. The molecule has 1 N–H and O–H groups in total. The van der Waals surface area contributed by atoms with Gasteiger partial charge in [0.25, 0.3) is 0 Å². The maximum atomic E-state index is 5.93. The van der Waals surface area contributed by atoms with Crippen LogP contribution in [0.5, 0.6) is 0 Å². The molecule has 0 bridgehead atoms. The standard InChI is InChI=1S/C13H13ClIN3/c1-7-4-5-10(6-11(7)15)16-13-9(3)8(2)12(14)17-18-13/h4-6H,1-3H3,(H,16,18). The molecule has 3 nitrogen and oxygen atoms in total. The van der Waals surface area contributed by atoms with Crippen molar-refractivity contribution in [1.82, 2.24) is 10.2 Å². The quantitative estimate of drug-likeness (QED) is 0.793. The van der Waals surface area contributed by atoms with Gasteiger partial charge in [-0.1, -0.05) is 17.7 Å². The zero-order valence-corrected chi connectivity index (χ0v) is 13.3. The summed E-state index contributed by atoms with van der Waals surface area (Å²) in [7, 11) is 0. The number of aryl methyl sites for hydroxylation is 1. The van der Waals surface area contributed by atoms with Crippen LogP contribution in [-0.4, -0.2) is 10.2 Å². The van der Waals surface area contributed by atoms with Crippen molar-refractivity contribution in [2.75, 3.05) is 5.32 Å². The van der Waals surface area contributed by atoms with E-state index in [9.17, 15) is 0 Å². The van der Waals surface area contributed by atoms with Crippen molar-refractivity contribution < 1.29 is 0 Å². The lowest BCUT2D eigenvalue weighted by molar-refractivity contribution is 1.00. The van der Waals surface area contributed by atoms with Gasteiger partial charge in [-0.3, -0.25) is 0 Å². The summed E-state index contributed by atoms with van der Waals surface area (Å²) >= 11 is 8.25. The summed E-state index contributed by atoms with van der Waals surface area (Å²) in [6.07, 6.45) is 0. The zero-order chi connectivity index (χ0) is 13.3. The van der Waals surface area contributed by atoms with E-state index in [2.05, 4.69) is 57.2 Å². The molecule has 0 aliphatic carbocycles. The maximum Gasteiger partial charge on any atom is 0.156 e. The molecular weight excluding hydrogens is 361 g/mol. The van der Waals surface area contributed by atoms with Crippen LogP contribution in [0.15, 0.2) is 18.2 Å². The van der Waals surface area contributed by atoms with Gasteiger partial charge in [-0.2, -0.15) is 0 Å². The van der Waals surface area contributed by atoms with Gasteiger partial charge in [0.2, 0.25) is 0 Å². The summed E-state index contributed by atoms with van der Waals surface area (Å²) in [6, 6.07) is 6.19. The second kappa shape index (κ2) is 5.40. The molecular formula is C13H13ClIN3. The summed E-state index contributed by atoms with van der Waals surface area (Å²) in [4.78, 5) is 0. The molecule has 1 heterocycles. The number of benzene rings is 1. The molecule has 2 aromatic rings. The van der Waals surface area contributed by atoms with Crippen LogP contribution in [0.25, 0.3) is 0 Å². The second-order valence-corrected chi connectivity index (χ2v) is 5.70. The number of halogens is 2. The van der Waals surface area contributed by atoms with E-state index in [1.165, 1.54) is 9.13 Å². The number of hydrogen-bond acceptors (Lipinski definition) is 3. The van der Waals surface area contributed by atoms with Crippen molar-refractivity contribution in [3.05, 3.63) is 43.6 Å². The highest BCUT2D eigenvalue weighted by molar-refractivity contribution is 14.1. The van der Waals surface area contributed by atoms with Gasteiger partial charge in [-0.05, 0) is 72.2 Å². The van der Waals surface area contributed by atoms with Crippen molar-refractivity contribution in [3.63, 3.8) is 0 Å². The molecule has 0 aliphatic rings. The van der Waals surface area contributed by atoms with E-state index in [1.807, 2.05) is 19.9 Å². The molecule has 2 rings (SSSR count). The fraction of sp³-hybridized carbons (Fsp3) is 0.231. The van der Waals surface area contributed by atoms with Crippen LogP contribution in [0.3, 0.4) is 0 Å². The van der Waals surface area contributed by atoms with Crippen molar-refractivity contribution in [2.45, 2.75) is 20.8 Å². The zero-order valence-electron chi connectivity index (χ0n) is 10.4. The molecule has 0 fully saturated rings. The van der Waals surface area contributed by atoms with Crippen LogP contribution < -0.4 is 5.32 Å². The maximum absolute atomic E-state index is 5.93. The fourth-order valence-corrected chi connectivity index (χ4v) is 2.20. The molecule has 94 valence electrons. The Hall–Kier alpha value is -0.880. The Bertz CT molecular complexity index is 599. The van der Waals surface area contributed by atoms with Gasteiger partial charge < -0.3 is 5.32 Å². The third-order valence-electron chi connectivity index (χ3n) is 2.90. The summed E-state index contributed by atoms with van der Waals surface area (Å²) in [5, 5.41) is 11.7. The van der Waals surface area contributed by atoms with Crippen LogP contribution in [0.1, 0.15) is 16.7 Å². The molecule has 0 saturated carbocycles. The highest BCUT2D eigenvalue weighted by Crippen LogP contribution is 2.25. The van der Waals surface area contributed by atoms with Crippen molar-refractivity contribution >= 4 is 45.7 Å². The Morgan fingerprint density at radius 2 is 1.83 bits per heavy atom. The van der Waals surface area contributed by atoms with Gasteiger partial charge in [-0.25, -0.2) is 0 Å². The van der Waals surface area contributed by atoms with E-state index >= 15 is 0 Å². The second-order valence-electron chi connectivity index (χ2n) is 4.18. The van der Waals surface area contributed by atoms with E-state index in [1.54, 1.807) is 0 Å². The predicted molar refractivity (Wildman–Crippen MR) is 83.7 cm³/mol. The predicted octanol–water partition coefficient (Wildman–Crippen LogP) is 4.40. The van der Waals surface area contributed by atoms with Crippen LogP contribution >= 0.6 is 34.2 Å². The highest BCUT2D eigenvalue weighted by Gasteiger charge is 2.08. The van der Waals surface area contributed by atoms with Gasteiger partial charge in [0.05, 0.1) is 0 Å². The third-order valence-corrected chi connectivity index (χ3v) is 4.42. The number of nitrogens with one attached hydrogen (secondary N) is 1. The molecule has 5 heteroatoms. The Morgan fingerprint density at radius 1 is 1.11 bits per heavy atom.